The quantitative estimate of drug-likeness (QED) is 0.690. The predicted octanol–water partition coefficient (Wildman–Crippen LogP) is 2.11. The van der Waals surface area contributed by atoms with Gasteiger partial charge in [0.15, 0.2) is 5.69 Å². The van der Waals surface area contributed by atoms with Crippen molar-refractivity contribution in [1.82, 2.24) is 9.55 Å². The number of nitrogens with one attached hydrogen (secondary N) is 1. The van der Waals surface area contributed by atoms with Crippen LogP contribution < -0.4 is 26.8 Å². The van der Waals surface area contributed by atoms with Gasteiger partial charge >= 0.3 is 5.69 Å². The molecule has 30 heavy (non-hydrogen) atoms. The van der Waals surface area contributed by atoms with Gasteiger partial charge in [-0.25, -0.2) is 4.79 Å². The number of nitrogens with two attached hydrogens (primary N) is 1. The number of unbranched alkanes of at least 4 members (excludes halogenated alkanes) is 1. The molecule has 1 amide bonds. The van der Waals surface area contributed by atoms with Gasteiger partial charge in [0, 0.05) is 24.8 Å². The van der Waals surface area contributed by atoms with Crippen molar-refractivity contribution in [3.05, 3.63) is 50.7 Å². The number of carbonyl (C=O) groups excluding carboxylic acids is 1. The third-order valence-corrected chi connectivity index (χ3v) is 5.62. The minimum atomic E-state index is -0.621. The van der Waals surface area contributed by atoms with Crippen LogP contribution in [0.15, 0.2) is 33.9 Å². The number of hydrogen-bond acceptors (Lipinski definition) is 5. The average Bonchev–Trinajstić information content (AvgIpc) is 3.02. The summed E-state index contributed by atoms with van der Waals surface area (Å²) in [7, 11) is 0. The molecule has 1 aromatic heterocycles. The molecule has 0 saturated carbocycles. The van der Waals surface area contributed by atoms with Crippen LogP contribution in [0.2, 0.25) is 0 Å². The molecule has 3 N–H and O–H groups in total. The van der Waals surface area contributed by atoms with Crippen LogP contribution in [0, 0.1) is 0 Å². The maximum absolute atomic E-state index is 13.4. The average molecular weight is 414 g/mol. The topological polar surface area (TPSA) is 104 Å². The summed E-state index contributed by atoms with van der Waals surface area (Å²) in [6.07, 6.45) is 3.14. The van der Waals surface area contributed by atoms with Crippen molar-refractivity contribution in [2.75, 3.05) is 28.6 Å². The predicted molar refractivity (Wildman–Crippen MR) is 120 cm³/mol. The zero-order valence-electron chi connectivity index (χ0n) is 18.0. The van der Waals surface area contributed by atoms with Crippen LogP contribution in [0.25, 0.3) is 0 Å². The Morgan fingerprint density at radius 2 is 1.97 bits per heavy atom. The van der Waals surface area contributed by atoms with Gasteiger partial charge in [-0.15, -0.1) is 0 Å². The van der Waals surface area contributed by atoms with Crippen LogP contribution in [0.5, 0.6) is 0 Å². The second-order valence-electron chi connectivity index (χ2n) is 7.85. The van der Waals surface area contributed by atoms with Gasteiger partial charge in [-0.1, -0.05) is 38.5 Å². The van der Waals surface area contributed by atoms with Gasteiger partial charge in [-0.05, 0) is 37.8 Å². The molecular weight excluding hydrogens is 382 g/mol. The molecule has 0 bridgehead atoms. The second-order valence-corrected chi connectivity index (χ2v) is 7.85. The van der Waals surface area contributed by atoms with E-state index in [1.807, 2.05) is 32.0 Å². The first-order valence-electron chi connectivity index (χ1n) is 10.7. The maximum Gasteiger partial charge on any atom is 0.330 e. The molecule has 8 heteroatoms. The lowest BCUT2D eigenvalue weighted by molar-refractivity contribution is -0.117. The van der Waals surface area contributed by atoms with E-state index < -0.39 is 11.2 Å². The van der Waals surface area contributed by atoms with Crippen LogP contribution in [-0.2, 0) is 17.8 Å². The SMILES string of the molecule is CCCCN(C(=O)CN1c2ccccc2C[C@H]1C)c1c(N)n(CCC)c(=O)[nH]c1=O. The largest absolute Gasteiger partial charge is 0.383 e. The van der Waals surface area contributed by atoms with Crippen LogP contribution >= 0.6 is 0 Å². The molecule has 2 heterocycles. The monoisotopic (exact) mass is 413 g/mol. The van der Waals surface area contributed by atoms with Crippen molar-refractivity contribution in [3.8, 4) is 0 Å². The fourth-order valence-electron chi connectivity index (χ4n) is 4.06. The number of nitrogens with zero attached hydrogens (tertiary/aromatic N) is 3. The number of carbonyl (C=O) groups is 1. The molecule has 1 aliphatic heterocycles. The fraction of sp³-hybridized carbons (Fsp3) is 0.500. The number of H-pyrrole nitrogens is 1. The van der Waals surface area contributed by atoms with Gasteiger partial charge in [0.25, 0.3) is 5.56 Å². The molecule has 0 spiro atoms. The highest BCUT2D eigenvalue weighted by Crippen LogP contribution is 2.32. The molecule has 8 nitrogen and oxygen atoms in total. The van der Waals surface area contributed by atoms with Crippen molar-refractivity contribution >= 4 is 23.1 Å². The van der Waals surface area contributed by atoms with Crippen LogP contribution in [0.1, 0.15) is 45.6 Å². The normalized spacial score (nSPS) is 15.3. The number of benzene rings is 1. The summed E-state index contributed by atoms with van der Waals surface area (Å²) < 4.78 is 1.33. The van der Waals surface area contributed by atoms with Crippen molar-refractivity contribution in [1.29, 1.82) is 0 Å². The van der Waals surface area contributed by atoms with Crippen LogP contribution in [-0.4, -0.2) is 34.6 Å². The number of anilines is 3. The fourth-order valence-corrected chi connectivity index (χ4v) is 4.06. The number of nitrogen functional groups attached to an aromatic ring is 1. The molecule has 2 aromatic rings. The Hall–Kier alpha value is -3.03. The molecule has 3 rings (SSSR count). The molecule has 0 radical (unpaired) electrons. The Labute approximate surface area is 176 Å². The molecule has 1 aliphatic rings. The van der Waals surface area contributed by atoms with Gasteiger partial charge in [0.1, 0.15) is 5.82 Å². The lowest BCUT2D eigenvalue weighted by Crippen LogP contribution is -2.46. The highest BCUT2D eigenvalue weighted by molar-refractivity contribution is 5.98. The smallest absolute Gasteiger partial charge is 0.330 e. The summed E-state index contributed by atoms with van der Waals surface area (Å²) in [4.78, 5) is 44.1. The molecule has 1 atom stereocenters. The van der Waals surface area contributed by atoms with E-state index in [0.717, 1.165) is 24.9 Å². The summed E-state index contributed by atoms with van der Waals surface area (Å²) in [6, 6.07) is 8.25. The number of fused-ring (bicyclic) bond motifs is 1. The van der Waals surface area contributed by atoms with Gasteiger partial charge < -0.3 is 15.5 Å². The molecular formula is C22H31N5O3. The first kappa shape index (κ1) is 21.7. The minimum Gasteiger partial charge on any atom is -0.383 e. The summed E-state index contributed by atoms with van der Waals surface area (Å²) in [5.74, 6) is -0.157. The lowest BCUT2D eigenvalue weighted by atomic mass is 10.1. The third kappa shape index (κ3) is 4.13. The molecule has 1 aromatic carbocycles. The molecule has 162 valence electrons. The molecule has 0 saturated heterocycles. The summed E-state index contributed by atoms with van der Waals surface area (Å²) >= 11 is 0. The first-order valence-corrected chi connectivity index (χ1v) is 10.7. The lowest BCUT2D eigenvalue weighted by Gasteiger charge is -2.29. The van der Waals surface area contributed by atoms with E-state index in [4.69, 9.17) is 5.73 Å². The Balaban J connectivity index is 1.97. The Morgan fingerprint density at radius 1 is 1.23 bits per heavy atom. The molecule has 0 fully saturated rings. The van der Waals surface area contributed by atoms with Crippen molar-refractivity contribution in [3.63, 3.8) is 0 Å². The minimum absolute atomic E-state index is 0.0462. The highest BCUT2D eigenvalue weighted by Gasteiger charge is 2.30. The number of aromatic nitrogens is 2. The number of aromatic amines is 1. The summed E-state index contributed by atoms with van der Waals surface area (Å²) in [5.41, 5.74) is 7.39. The Morgan fingerprint density at radius 3 is 2.67 bits per heavy atom. The van der Waals surface area contributed by atoms with Gasteiger partial charge in [0.05, 0.1) is 6.54 Å². The third-order valence-electron chi connectivity index (χ3n) is 5.62. The number of hydrogen-bond donors (Lipinski definition) is 2. The number of amides is 1. The van der Waals surface area contributed by atoms with E-state index in [1.54, 1.807) is 0 Å². The summed E-state index contributed by atoms with van der Waals surface area (Å²) in [5, 5.41) is 0. The van der Waals surface area contributed by atoms with E-state index in [2.05, 4.69) is 22.9 Å². The van der Waals surface area contributed by atoms with Gasteiger partial charge in [-0.2, -0.15) is 0 Å². The van der Waals surface area contributed by atoms with Gasteiger partial charge in [0.2, 0.25) is 5.91 Å². The van der Waals surface area contributed by atoms with Crippen molar-refractivity contribution < 1.29 is 4.79 Å². The van der Waals surface area contributed by atoms with Crippen LogP contribution in [0.3, 0.4) is 0 Å². The highest BCUT2D eigenvalue weighted by atomic mass is 16.2. The van der Waals surface area contributed by atoms with Crippen molar-refractivity contribution in [2.24, 2.45) is 0 Å². The zero-order valence-corrected chi connectivity index (χ0v) is 18.0. The number of para-hydroxylation sites is 1. The Kier molecular flexibility index (Phi) is 6.64. The van der Waals surface area contributed by atoms with E-state index in [1.165, 1.54) is 15.0 Å². The zero-order chi connectivity index (χ0) is 21.8. The van der Waals surface area contributed by atoms with Crippen molar-refractivity contribution in [2.45, 2.75) is 59.0 Å². The van der Waals surface area contributed by atoms with E-state index in [0.29, 0.717) is 19.5 Å². The molecule has 0 aliphatic carbocycles. The Bertz CT molecular complexity index is 1030. The second kappa shape index (κ2) is 9.19. The molecule has 0 unspecified atom stereocenters. The van der Waals surface area contributed by atoms with Crippen LogP contribution in [0.4, 0.5) is 17.2 Å². The first-order chi connectivity index (χ1) is 14.4. The number of rotatable bonds is 8. The maximum atomic E-state index is 13.4. The van der Waals surface area contributed by atoms with E-state index in [9.17, 15) is 14.4 Å². The van der Waals surface area contributed by atoms with E-state index >= 15 is 0 Å². The van der Waals surface area contributed by atoms with Gasteiger partial charge in [-0.3, -0.25) is 19.1 Å². The van der Waals surface area contributed by atoms with E-state index in [-0.39, 0.29) is 30.0 Å². The summed E-state index contributed by atoms with van der Waals surface area (Å²) in [6.45, 7) is 6.92. The standard InChI is InChI=1S/C22H31N5O3/c1-4-6-12-25(19-20(23)26(11-5-2)22(30)24-21(19)29)18(28)14-27-15(3)13-16-9-7-8-10-17(16)27/h7-10,15H,4-6,11-14,23H2,1-3H3,(H,24,29,30)/t15-/m1/s1.